The minimum atomic E-state index is 0.0994. The molecule has 0 amide bonds. The second-order valence-electron chi connectivity index (χ2n) is 5.84. The molecular weight excluding hydrogens is 196 g/mol. The van der Waals surface area contributed by atoms with Crippen LogP contribution < -0.4 is 5.73 Å². The monoisotopic (exact) mass is 220 g/mol. The van der Waals surface area contributed by atoms with Crippen LogP contribution in [0.25, 0.3) is 0 Å². The Morgan fingerprint density at radius 1 is 1.31 bits per heavy atom. The summed E-state index contributed by atoms with van der Waals surface area (Å²) in [6, 6.07) is 4.21. The predicted molar refractivity (Wildman–Crippen MR) is 69.1 cm³/mol. The molecule has 2 nitrogen and oxygen atoms in total. The average Bonchev–Trinajstić information content (AvgIpc) is 2.17. The fourth-order valence-corrected chi connectivity index (χ4v) is 1.57. The van der Waals surface area contributed by atoms with Gasteiger partial charge in [-0.1, -0.05) is 33.8 Å². The Labute approximate surface area is 99.3 Å². The van der Waals surface area contributed by atoms with Crippen molar-refractivity contribution in [3.8, 4) is 0 Å². The van der Waals surface area contributed by atoms with Gasteiger partial charge in [-0.3, -0.25) is 4.98 Å². The highest BCUT2D eigenvalue weighted by Crippen LogP contribution is 2.32. The van der Waals surface area contributed by atoms with Gasteiger partial charge in [-0.15, -0.1) is 0 Å². The molecule has 1 aromatic rings. The summed E-state index contributed by atoms with van der Waals surface area (Å²) in [7, 11) is 0. The summed E-state index contributed by atoms with van der Waals surface area (Å²) in [6.45, 7) is 11.0. The number of hydrogen-bond donors (Lipinski definition) is 1. The van der Waals surface area contributed by atoms with E-state index in [9.17, 15) is 0 Å². The summed E-state index contributed by atoms with van der Waals surface area (Å²) in [5, 5.41) is 0. The number of rotatable bonds is 3. The van der Waals surface area contributed by atoms with Crippen molar-refractivity contribution in [1.82, 2.24) is 4.98 Å². The highest BCUT2D eigenvalue weighted by molar-refractivity contribution is 5.16. The van der Waals surface area contributed by atoms with E-state index in [0.717, 1.165) is 17.7 Å². The first-order valence-electron chi connectivity index (χ1n) is 5.99. The molecule has 2 atom stereocenters. The fourth-order valence-electron chi connectivity index (χ4n) is 1.57. The van der Waals surface area contributed by atoms with Crippen LogP contribution in [0.3, 0.4) is 0 Å². The molecule has 0 aromatic carbocycles. The quantitative estimate of drug-likeness (QED) is 0.847. The third kappa shape index (κ3) is 3.60. The highest BCUT2D eigenvalue weighted by atomic mass is 14.7. The second-order valence-corrected chi connectivity index (χ2v) is 5.84. The normalized spacial score (nSPS) is 15.9. The van der Waals surface area contributed by atoms with Gasteiger partial charge in [-0.05, 0) is 36.3 Å². The van der Waals surface area contributed by atoms with Gasteiger partial charge in [0.15, 0.2) is 0 Å². The molecule has 0 aliphatic carbocycles. The molecule has 0 bridgehead atoms. The van der Waals surface area contributed by atoms with E-state index in [4.69, 9.17) is 5.73 Å². The number of aromatic nitrogens is 1. The molecule has 0 spiro atoms. The van der Waals surface area contributed by atoms with Gasteiger partial charge in [-0.25, -0.2) is 0 Å². The zero-order chi connectivity index (χ0) is 12.3. The molecule has 0 radical (unpaired) electrons. The zero-order valence-corrected chi connectivity index (χ0v) is 11.1. The maximum Gasteiger partial charge on any atom is 0.0372 e. The van der Waals surface area contributed by atoms with Crippen LogP contribution in [0.1, 0.15) is 51.4 Å². The minimum Gasteiger partial charge on any atom is -0.324 e. The van der Waals surface area contributed by atoms with Crippen LogP contribution in [0.4, 0.5) is 0 Å². The number of nitrogens with two attached hydrogens (primary N) is 1. The Balaban J connectivity index is 2.65. The summed E-state index contributed by atoms with van der Waals surface area (Å²) in [5.41, 5.74) is 8.70. The highest BCUT2D eigenvalue weighted by Gasteiger charge is 2.22. The largest absolute Gasteiger partial charge is 0.324 e. The average molecular weight is 220 g/mol. The lowest BCUT2D eigenvalue weighted by atomic mass is 9.78. The molecule has 0 aliphatic rings. The minimum absolute atomic E-state index is 0.0994. The van der Waals surface area contributed by atoms with Gasteiger partial charge >= 0.3 is 0 Å². The van der Waals surface area contributed by atoms with E-state index in [1.54, 1.807) is 0 Å². The van der Waals surface area contributed by atoms with Gasteiger partial charge in [0.25, 0.3) is 0 Å². The van der Waals surface area contributed by atoms with Crippen LogP contribution in [0.2, 0.25) is 0 Å². The van der Waals surface area contributed by atoms with E-state index in [1.807, 2.05) is 19.2 Å². The Morgan fingerprint density at radius 3 is 2.38 bits per heavy atom. The second kappa shape index (κ2) is 4.96. The van der Waals surface area contributed by atoms with Crippen molar-refractivity contribution in [2.24, 2.45) is 17.1 Å². The van der Waals surface area contributed by atoms with Crippen molar-refractivity contribution in [3.63, 3.8) is 0 Å². The van der Waals surface area contributed by atoms with Crippen molar-refractivity contribution in [2.45, 2.75) is 47.1 Å². The molecule has 2 N–H and O–H groups in total. The Kier molecular flexibility index (Phi) is 4.09. The lowest BCUT2D eigenvalue weighted by Gasteiger charge is -2.29. The van der Waals surface area contributed by atoms with Crippen molar-refractivity contribution in [2.75, 3.05) is 0 Å². The van der Waals surface area contributed by atoms with Crippen LogP contribution in [0, 0.1) is 18.3 Å². The number of hydrogen-bond acceptors (Lipinski definition) is 2. The predicted octanol–water partition coefficient (Wildman–Crippen LogP) is 3.46. The summed E-state index contributed by atoms with van der Waals surface area (Å²) < 4.78 is 0. The van der Waals surface area contributed by atoms with E-state index in [0.29, 0.717) is 11.3 Å². The first-order chi connectivity index (χ1) is 7.30. The van der Waals surface area contributed by atoms with Gasteiger partial charge in [0.05, 0.1) is 0 Å². The van der Waals surface area contributed by atoms with Crippen LogP contribution in [0.5, 0.6) is 0 Å². The molecule has 0 aliphatic heterocycles. The summed E-state index contributed by atoms with van der Waals surface area (Å²) in [5.74, 6) is 0.601. The number of aryl methyl sites for hydroxylation is 1. The van der Waals surface area contributed by atoms with Crippen LogP contribution in [-0.4, -0.2) is 4.98 Å². The van der Waals surface area contributed by atoms with E-state index in [2.05, 4.69) is 38.7 Å². The maximum absolute atomic E-state index is 6.20. The van der Waals surface area contributed by atoms with E-state index in [1.165, 1.54) is 0 Å². The summed E-state index contributed by atoms with van der Waals surface area (Å²) in [6.07, 6.45) is 2.91. The molecule has 16 heavy (non-hydrogen) atoms. The Morgan fingerprint density at radius 2 is 1.94 bits per heavy atom. The first-order valence-corrected chi connectivity index (χ1v) is 5.99. The van der Waals surface area contributed by atoms with Gasteiger partial charge in [0.2, 0.25) is 0 Å². The molecule has 0 fully saturated rings. The van der Waals surface area contributed by atoms with E-state index < -0.39 is 0 Å². The molecule has 1 rings (SSSR count). The van der Waals surface area contributed by atoms with Crippen LogP contribution >= 0.6 is 0 Å². The van der Waals surface area contributed by atoms with Crippen LogP contribution in [-0.2, 0) is 0 Å². The SMILES string of the molecule is Cc1ccc(C(N)CC(C)C(C)(C)C)cn1. The van der Waals surface area contributed by atoms with Crippen molar-refractivity contribution in [3.05, 3.63) is 29.6 Å². The zero-order valence-electron chi connectivity index (χ0n) is 11.1. The lowest BCUT2D eigenvalue weighted by Crippen LogP contribution is -2.23. The van der Waals surface area contributed by atoms with Crippen molar-refractivity contribution < 1.29 is 0 Å². The van der Waals surface area contributed by atoms with Crippen molar-refractivity contribution in [1.29, 1.82) is 0 Å². The number of nitrogens with zero attached hydrogens (tertiary/aromatic N) is 1. The van der Waals surface area contributed by atoms with Crippen LogP contribution in [0.15, 0.2) is 18.3 Å². The van der Waals surface area contributed by atoms with Crippen molar-refractivity contribution >= 4 is 0 Å². The Bertz CT molecular complexity index is 322. The fraction of sp³-hybridized carbons (Fsp3) is 0.643. The topological polar surface area (TPSA) is 38.9 Å². The molecule has 90 valence electrons. The molecule has 1 heterocycles. The van der Waals surface area contributed by atoms with Gasteiger partial charge < -0.3 is 5.73 Å². The number of pyridine rings is 1. The van der Waals surface area contributed by atoms with Gasteiger partial charge in [0, 0.05) is 17.9 Å². The molecule has 2 unspecified atom stereocenters. The molecule has 1 aromatic heterocycles. The summed E-state index contributed by atoms with van der Waals surface area (Å²) in [4.78, 5) is 4.29. The molecule has 0 saturated carbocycles. The first kappa shape index (κ1) is 13.2. The maximum atomic E-state index is 6.20. The molecule has 2 heteroatoms. The third-order valence-corrected chi connectivity index (χ3v) is 3.45. The van der Waals surface area contributed by atoms with Gasteiger partial charge in [0.1, 0.15) is 0 Å². The lowest BCUT2D eigenvalue weighted by molar-refractivity contribution is 0.234. The third-order valence-electron chi connectivity index (χ3n) is 3.45. The Hall–Kier alpha value is -0.890. The molecule has 0 saturated heterocycles. The van der Waals surface area contributed by atoms with E-state index >= 15 is 0 Å². The standard InChI is InChI=1S/C14H24N2/c1-10(14(3,4)5)8-13(15)12-7-6-11(2)16-9-12/h6-7,9-10,13H,8,15H2,1-5H3. The van der Waals surface area contributed by atoms with Gasteiger partial charge in [-0.2, -0.15) is 0 Å². The summed E-state index contributed by atoms with van der Waals surface area (Å²) >= 11 is 0. The smallest absolute Gasteiger partial charge is 0.0372 e. The van der Waals surface area contributed by atoms with E-state index in [-0.39, 0.29) is 6.04 Å². The molecular formula is C14H24N2.